The molecular formula is C14H8Cl2F3NO. The largest absolute Gasteiger partial charge is 0.417 e. The van der Waals surface area contributed by atoms with Crippen LogP contribution in [0.2, 0.25) is 10.0 Å². The molecule has 2 nitrogen and oxygen atoms in total. The number of nitrogens with zero attached hydrogens (tertiary/aromatic N) is 1. The SMILES string of the molecule is O=C(Cc1ccc(Cl)cc1Cl)c1cnccc1C(F)(F)F. The smallest absolute Gasteiger partial charge is 0.294 e. The monoisotopic (exact) mass is 333 g/mol. The minimum Gasteiger partial charge on any atom is -0.294 e. The first-order valence-electron chi connectivity index (χ1n) is 5.77. The first-order valence-corrected chi connectivity index (χ1v) is 6.53. The molecule has 2 aromatic rings. The van der Waals surface area contributed by atoms with Crippen molar-refractivity contribution in [2.24, 2.45) is 0 Å². The molecule has 2 rings (SSSR count). The van der Waals surface area contributed by atoms with Crippen molar-refractivity contribution in [2.75, 3.05) is 0 Å². The number of benzene rings is 1. The molecule has 0 unspecified atom stereocenters. The van der Waals surface area contributed by atoms with E-state index in [2.05, 4.69) is 4.98 Å². The zero-order chi connectivity index (χ0) is 15.6. The second kappa shape index (κ2) is 6.03. The van der Waals surface area contributed by atoms with Gasteiger partial charge >= 0.3 is 6.18 Å². The average Bonchev–Trinajstić information content (AvgIpc) is 2.41. The number of hydrogen-bond donors (Lipinski definition) is 0. The molecule has 0 aliphatic carbocycles. The zero-order valence-electron chi connectivity index (χ0n) is 10.4. The summed E-state index contributed by atoms with van der Waals surface area (Å²) in [5.41, 5.74) is -1.08. The molecule has 0 aliphatic heterocycles. The van der Waals surface area contributed by atoms with E-state index in [9.17, 15) is 18.0 Å². The summed E-state index contributed by atoms with van der Waals surface area (Å²) in [5.74, 6) is -0.709. The molecule has 110 valence electrons. The fourth-order valence-electron chi connectivity index (χ4n) is 1.80. The first-order chi connectivity index (χ1) is 9.79. The van der Waals surface area contributed by atoms with Crippen molar-refractivity contribution in [1.29, 1.82) is 0 Å². The topological polar surface area (TPSA) is 30.0 Å². The molecule has 0 amide bonds. The van der Waals surface area contributed by atoms with Crippen molar-refractivity contribution in [3.8, 4) is 0 Å². The predicted molar refractivity (Wildman–Crippen MR) is 73.7 cm³/mol. The highest BCUT2D eigenvalue weighted by molar-refractivity contribution is 6.35. The molecule has 0 saturated heterocycles. The van der Waals surface area contributed by atoms with E-state index in [1.807, 2.05) is 0 Å². The molecule has 0 N–H and O–H groups in total. The molecule has 0 spiro atoms. The first kappa shape index (κ1) is 15.8. The van der Waals surface area contributed by atoms with Gasteiger partial charge in [0.1, 0.15) is 0 Å². The predicted octanol–water partition coefficient (Wildman–Crippen LogP) is 4.83. The number of pyridine rings is 1. The Morgan fingerprint density at radius 3 is 2.52 bits per heavy atom. The number of carbonyl (C=O) groups is 1. The molecule has 0 atom stereocenters. The van der Waals surface area contributed by atoms with E-state index in [-0.39, 0.29) is 11.4 Å². The second-order valence-corrected chi connectivity index (χ2v) is 5.10. The fraction of sp³-hybridized carbons (Fsp3) is 0.143. The summed E-state index contributed by atoms with van der Waals surface area (Å²) in [4.78, 5) is 15.7. The molecule has 1 aromatic heterocycles. The minimum atomic E-state index is -4.61. The zero-order valence-corrected chi connectivity index (χ0v) is 11.9. The highest BCUT2D eigenvalue weighted by atomic mass is 35.5. The number of Topliss-reactive ketones (excluding diaryl/α,β-unsaturated/α-hetero) is 1. The van der Waals surface area contributed by atoms with Crippen molar-refractivity contribution in [2.45, 2.75) is 12.6 Å². The molecule has 0 fully saturated rings. The summed E-state index contributed by atoms with van der Waals surface area (Å²) in [6.07, 6.45) is -2.97. The molecule has 0 radical (unpaired) electrons. The molecule has 0 bridgehead atoms. The summed E-state index contributed by atoms with van der Waals surface area (Å²) in [5, 5.41) is 0.613. The van der Waals surface area contributed by atoms with Gasteiger partial charge in [-0.25, -0.2) is 0 Å². The van der Waals surface area contributed by atoms with E-state index in [1.54, 1.807) is 0 Å². The van der Waals surface area contributed by atoms with Crippen LogP contribution in [-0.2, 0) is 12.6 Å². The number of halogens is 5. The Bertz CT molecular complexity index is 686. The molecule has 1 aromatic carbocycles. The van der Waals surface area contributed by atoms with Crippen LogP contribution < -0.4 is 0 Å². The van der Waals surface area contributed by atoms with Gasteiger partial charge in [-0.3, -0.25) is 9.78 Å². The van der Waals surface area contributed by atoms with Crippen molar-refractivity contribution < 1.29 is 18.0 Å². The highest BCUT2D eigenvalue weighted by Crippen LogP contribution is 2.32. The highest BCUT2D eigenvalue weighted by Gasteiger charge is 2.35. The van der Waals surface area contributed by atoms with Crippen molar-refractivity contribution in [3.63, 3.8) is 0 Å². The van der Waals surface area contributed by atoms with Gasteiger partial charge in [0.05, 0.1) is 5.56 Å². The summed E-state index contributed by atoms with van der Waals surface area (Å²) >= 11 is 11.6. The molecule has 1 heterocycles. The van der Waals surface area contributed by atoms with Gasteiger partial charge in [-0.05, 0) is 23.8 Å². The Hall–Kier alpha value is -1.59. The van der Waals surface area contributed by atoms with E-state index in [1.165, 1.54) is 18.2 Å². The van der Waals surface area contributed by atoms with Gasteiger partial charge in [0.2, 0.25) is 0 Å². The van der Waals surface area contributed by atoms with Crippen LogP contribution in [0.5, 0.6) is 0 Å². The summed E-state index contributed by atoms with van der Waals surface area (Å²) in [7, 11) is 0. The van der Waals surface area contributed by atoms with Gasteiger partial charge in [0, 0.05) is 34.4 Å². The number of hydrogen-bond acceptors (Lipinski definition) is 2. The van der Waals surface area contributed by atoms with Gasteiger partial charge in [0.25, 0.3) is 0 Å². The molecule has 21 heavy (non-hydrogen) atoms. The van der Waals surface area contributed by atoms with Gasteiger partial charge in [0.15, 0.2) is 5.78 Å². The van der Waals surface area contributed by atoms with Crippen LogP contribution in [0.1, 0.15) is 21.5 Å². The molecule has 0 aliphatic rings. The van der Waals surface area contributed by atoms with E-state index in [0.29, 0.717) is 10.6 Å². The normalized spacial score (nSPS) is 11.5. The van der Waals surface area contributed by atoms with E-state index in [0.717, 1.165) is 18.5 Å². The van der Waals surface area contributed by atoms with Crippen LogP contribution in [0, 0.1) is 0 Å². The lowest BCUT2D eigenvalue weighted by atomic mass is 10.00. The van der Waals surface area contributed by atoms with Crippen molar-refractivity contribution in [1.82, 2.24) is 4.98 Å². The number of ketones is 1. The second-order valence-electron chi connectivity index (χ2n) is 4.25. The third-order valence-electron chi connectivity index (χ3n) is 2.79. The lowest BCUT2D eigenvalue weighted by Crippen LogP contribution is -2.15. The summed E-state index contributed by atoms with van der Waals surface area (Å²) < 4.78 is 38.6. The van der Waals surface area contributed by atoms with Crippen molar-refractivity contribution >= 4 is 29.0 Å². The van der Waals surface area contributed by atoms with Gasteiger partial charge < -0.3 is 0 Å². The fourth-order valence-corrected chi connectivity index (χ4v) is 2.27. The maximum Gasteiger partial charge on any atom is 0.417 e. The Labute approximate surface area is 128 Å². The van der Waals surface area contributed by atoms with Crippen LogP contribution in [0.15, 0.2) is 36.7 Å². The number of alkyl halides is 3. The van der Waals surface area contributed by atoms with Gasteiger partial charge in [-0.1, -0.05) is 29.3 Å². The lowest BCUT2D eigenvalue weighted by Gasteiger charge is -2.11. The quantitative estimate of drug-likeness (QED) is 0.753. The molecular weight excluding hydrogens is 326 g/mol. The van der Waals surface area contributed by atoms with E-state index in [4.69, 9.17) is 23.2 Å². The standard InChI is InChI=1S/C14H8Cl2F3NO/c15-9-2-1-8(12(16)6-9)5-13(21)10-7-20-4-3-11(10)14(17,18)19/h1-4,6-7H,5H2. The van der Waals surface area contributed by atoms with Gasteiger partial charge in [-0.2, -0.15) is 13.2 Å². The number of carbonyl (C=O) groups excluding carboxylic acids is 1. The van der Waals surface area contributed by atoms with Crippen LogP contribution in [0.25, 0.3) is 0 Å². The van der Waals surface area contributed by atoms with Crippen LogP contribution in [0.4, 0.5) is 13.2 Å². The van der Waals surface area contributed by atoms with Gasteiger partial charge in [-0.15, -0.1) is 0 Å². The van der Waals surface area contributed by atoms with Crippen LogP contribution >= 0.6 is 23.2 Å². The minimum absolute atomic E-state index is 0.230. The Morgan fingerprint density at radius 2 is 1.90 bits per heavy atom. The van der Waals surface area contributed by atoms with Crippen LogP contribution in [0.3, 0.4) is 0 Å². The lowest BCUT2D eigenvalue weighted by molar-refractivity contribution is -0.138. The van der Waals surface area contributed by atoms with E-state index >= 15 is 0 Å². The number of rotatable bonds is 3. The van der Waals surface area contributed by atoms with E-state index < -0.39 is 23.1 Å². The average molecular weight is 334 g/mol. The van der Waals surface area contributed by atoms with Crippen LogP contribution in [-0.4, -0.2) is 10.8 Å². The molecule has 7 heteroatoms. The third kappa shape index (κ3) is 3.74. The third-order valence-corrected chi connectivity index (χ3v) is 3.38. The molecule has 0 saturated carbocycles. The Morgan fingerprint density at radius 1 is 1.19 bits per heavy atom. The Kier molecular flexibility index (Phi) is 4.54. The maximum absolute atomic E-state index is 12.9. The summed E-state index contributed by atoms with van der Waals surface area (Å²) in [6.45, 7) is 0. The number of aromatic nitrogens is 1. The Balaban J connectivity index is 2.33. The summed E-state index contributed by atoms with van der Waals surface area (Å²) in [6, 6.07) is 5.23. The van der Waals surface area contributed by atoms with Crippen molar-refractivity contribution in [3.05, 3.63) is 63.4 Å². The maximum atomic E-state index is 12.9.